The normalized spacial score (nSPS) is 10.1. The number of aryl methyl sites for hydroxylation is 1. The Bertz CT molecular complexity index is 359. The number of anilines is 1. The molecule has 0 aliphatic heterocycles. The number of halogens is 1. The molecule has 0 aliphatic rings. The van der Waals surface area contributed by atoms with Crippen LogP contribution in [0.2, 0.25) is 0 Å². The van der Waals surface area contributed by atoms with Crippen molar-refractivity contribution in [3.8, 4) is 0 Å². The van der Waals surface area contributed by atoms with Crippen LogP contribution in [0.15, 0.2) is 22.7 Å². The summed E-state index contributed by atoms with van der Waals surface area (Å²) in [5.74, 6) is 0.0380. The Kier molecular flexibility index (Phi) is 6.05. The van der Waals surface area contributed by atoms with Gasteiger partial charge in [0.05, 0.1) is 6.54 Å². The molecule has 4 heteroatoms. The first-order valence-corrected chi connectivity index (χ1v) is 6.69. The zero-order valence-electron chi connectivity index (χ0n) is 10.3. The van der Waals surface area contributed by atoms with E-state index in [1.165, 1.54) is 0 Å². The lowest BCUT2D eigenvalue weighted by molar-refractivity contribution is -0.119. The molecule has 0 saturated heterocycles. The zero-order chi connectivity index (χ0) is 12.7. The van der Waals surface area contributed by atoms with Gasteiger partial charge in [0.25, 0.3) is 0 Å². The summed E-state index contributed by atoms with van der Waals surface area (Å²) in [6.07, 6.45) is 2.13. The molecule has 0 spiro atoms. The summed E-state index contributed by atoms with van der Waals surface area (Å²) in [4.78, 5) is 11.5. The predicted molar refractivity (Wildman–Crippen MR) is 75.3 cm³/mol. The van der Waals surface area contributed by atoms with E-state index < -0.39 is 0 Å². The Morgan fingerprint density at radius 1 is 1.35 bits per heavy atom. The minimum Gasteiger partial charge on any atom is -0.376 e. The molecule has 2 N–H and O–H groups in total. The van der Waals surface area contributed by atoms with E-state index in [1.54, 1.807) is 0 Å². The van der Waals surface area contributed by atoms with Gasteiger partial charge in [-0.15, -0.1) is 0 Å². The highest BCUT2D eigenvalue weighted by Gasteiger charge is 2.01. The molecular weight excluding hydrogens is 280 g/mol. The van der Waals surface area contributed by atoms with Crippen LogP contribution >= 0.6 is 15.9 Å². The highest BCUT2D eigenvalue weighted by atomic mass is 79.9. The van der Waals surface area contributed by atoms with Crippen molar-refractivity contribution in [2.75, 3.05) is 18.4 Å². The largest absolute Gasteiger partial charge is 0.376 e. The molecule has 0 unspecified atom stereocenters. The van der Waals surface area contributed by atoms with Crippen LogP contribution in [0, 0.1) is 6.92 Å². The van der Waals surface area contributed by atoms with Crippen molar-refractivity contribution < 1.29 is 4.79 Å². The van der Waals surface area contributed by atoms with Crippen molar-refractivity contribution >= 4 is 27.5 Å². The van der Waals surface area contributed by atoms with Crippen LogP contribution in [-0.4, -0.2) is 19.0 Å². The summed E-state index contributed by atoms with van der Waals surface area (Å²) < 4.78 is 1.02. The van der Waals surface area contributed by atoms with Gasteiger partial charge in [0, 0.05) is 16.7 Å². The summed E-state index contributed by atoms with van der Waals surface area (Å²) in [6, 6.07) is 6.02. The van der Waals surface area contributed by atoms with Crippen molar-refractivity contribution in [3.63, 3.8) is 0 Å². The number of rotatable bonds is 6. The van der Waals surface area contributed by atoms with E-state index in [-0.39, 0.29) is 5.91 Å². The zero-order valence-corrected chi connectivity index (χ0v) is 11.9. The monoisotopic (exact) mass is 298 g/mol. The summed E-state index contributed by atoms with van der Waals surface area (Å²) >= 11 is 3.43. The minimum atomic E-state index is 0.0380. The molecule has 1 rings (SSSR count). The maximum absolute atomic E-state index is 11.5. The van der Waals surface area contributed by atoms with E-state index in [0.717, 1.165) is 35.1 Å². The number of unbranched alkanes of at least 4 members (excludes halogenated alkanes) is 1. The SMILES string of the molecule is CCCCNC(=O)CNc1cc(C)cc(Br)c1. The van der Waals surface area contributed by atoms with Crippen LogP contribution in [-0.2, 0) is 4.79 Å². The van der Waals surface area contributed by atoms with Crippen LogP contribution in [0.1, 0.15) is 25.3 Å². The van der Waals surface area contributed by atoms with E-state index >= 15 is 0 Å². The molecular formula is C13H19BrN2O. The molecule has 1 aromatic carbocycles. The third-order valence-electron chi connectivity index (χ3n) is 2.35. The molecule has 0 saturated carbocycles. The molecule has 3 nitrogen and oxygen atoms in total. The number of hydrogen-bond acceptors (Lipinski definition) is 2. The van der Waals surface area contributed by atoms with Crippen molar-refractivity contribution in [2.45, 2.75) is 26.7 Å². The van der Waals surface area contributed by atoms with Crippen molar-refractivity contribution in [1.29, 1.82) is 0 Å². The molecule has 1 aromatic rings. The molecule has 0 atom stereocenters. The van der Waals surface area contributed by atoms with Gasteiger partial charge in [0.2, 0.25) is 5.91 Å². The van der Waals surface area contributed by atoms with Crippen LogP contribution < -0.4 is 10.6 Å². The Morgan fingerprint density at radius 2 is 2.12 bits per heavy atom. The first kappa shape index (κ1) is 14.0. The van der Waals surface area contributed by atoms with Gasteiger partial charge in [-0.3, -0.25) is 4.79 Å². The molecule has 0 radical (unpaired) electrons. The highest BCUT2D eigenvalue weighted by Crippen LogP contribution is 2.18. The van der Waals surface area contributed by atoms with Gasteiger partial charge in [-0.05, 0) is 37.1 Å². The molecule has 17 heavy (non-hydrogen) atoms. The van der Waals surface area contributed by atoms with E-state index in [0.29, 0.717) is 6.54 Å². The van der Waals surface area contributed by atoms with E-state index in [9.17, 15) is 4.79 Å². The smallest absolute Gasteiger partial charge is 0.239 e. The Balaban J connectivity index is 2.36. The lowest BCUT2D eigenvalue weighted by Crippen LogP contribution is -2.30. The van der Waals surface area contributed by atoms with Gasteiger partial charge >= 0.3 is 0 Å². The summed E-state index contributed by atoms with van der Waals surface area (Å²) in [5.41, 5.74) is 2.12. The number of nitrogens with one attached hydrogen (secondary N) is 2. The first-order valence-electron chi connectivity index (χ1n) is 5.89. The summed E-state index contributed by atoms with van der Waals surface area (Å²) in [6.45, 7) is 5.21. The first-order chi connectivity index (χ1) is 8.11. The quantitative estimate of drug-likeness (QED) is 0.793. The topological polar surface area (TPSA) is 41.1 Å². The maximum atomic E-state index is 11.5. The van der Waals surface area contributed by atoms with Crippen molar-refractivity contribution in [2.24, 2.45) is 0 Å². The number of carbonyl (C=O) groups is 1. The van der Waals surface area contributed by atoms with Crippen LogP contribution in [0.25, 0.3) is 0 Å². The molecule has 0 aromatic heterocycles. The van der Waals surface area contributed by atoms with Crippen LogP contribution in [0.5, 0.6) is 0 Å². The standard InChI is InChI=1S/C13H19BrN2O/c1-3-4-5-15-13(17)9-16-12-7-10(2)6-11(14)8-12/h6-8,16H,3-5,9H2,1-2H3,(H,15,17). The van der Waals surface area contributed by atoms with E-state index in [2.05, 4.69) is 33.5 Å². The fraction of sp³-hybridized carbons (Fsp3) is 0.462. The van der Waals surface area contributed by atoms with Crippen molar-refractivity contribution in [1.82, 2.24) is 5.32 Å². The van der Waals surface area contributed by atoms with Crippen LogP contribution in [0.3, 0.4) is 0 Å². The second kappa shape index (κ2) is 7.33. The van der Waals surface area contributed by atoms with Gasteiger partial charge in [0.15, 0.2) is 0 Å². The lowest BCUT2D eigenvalue weighted by atomic mass is 10.2. The number of benzene rings is 1. The number of hydrogen-bond donors (Lipinski definition) is 2. The van der Waals surface area contributed by atoms with Gasteiger partial charge in [0.1, 0.15) is 0 Å². The Labute approximate surface area is 111 Å². The van der Waals surface area contributed by atoms with E-state index in [4.69, 9.17) is 0 Å². The lowest BCUT2D eigenvalue weighted by Gasteiger charge is -2.08. The predicted octanol–water partition coefficient (Wildman–Crippen LogP) is 3.09. The molecule has 1 amide bonds. The van der Waals surface area contributed by atoms with Gasteiger partial charge in [-0.25, -0.2) is 0 Å². The number of amides is 1. The third-order valence-corrected chi connectivity index (χ3v) is 2.81. The molecule has 0 fully saturated rings. The maximum Gasteiger partial charge on any atom is 0.239 e. The average molecular weight is 299 g/mol. The molecule has 0 aliphatic carbocycles. The average Bonchev–Trinajstić information content (AvgIpc) is 2.25. The Morgan fingerprint density at radius 3 is 2.76 bits per heavy atom. The highest BCUT2D eigenvalue weighted by molar-refractivity contribution is 9.10. The minimum absolute atomic E-state index is 0.0380. The Hall–Kier alpha value is -1.03. The second-order valence-electron chi connectivity index (χ2n) is 4.07. The summed E-state index contributed by atoms with van der Waals surface area (Å²) in [5, 5.41) is 5.98. The second-order valence-corrected chi connectivity index (χ2v) is 4.99. The van der Waals surface area contributed by atoms with Gasteiger partial charge in [-0.2, -0.15) is 0 Å². The molecule has 0 bridgehead atoms. The van der Waals surface area contributed by atoms with E-state index in [1.807, 2.05) is 25.1 Å². The van der Waals surface area contributed by atoms with Gasteiger partial charge < -0.3 is 10.6 Å². The van der Waals surface area contributed by atoms with Gasteiger partial charge in [-0.1, -0.05) is 29.3 Å². The molecule has 94 valence electrons. The fourth-order valence-electron chi connectivity index (χ4n) is 1.49. The third kappa shape index (κ3) is 5.73. The van der Waals surface area contributed by atoms with Crippen LogP contribution in [0.4, 0.5) is 5.69 Å². The number of carbonyl (C=O) groups excluding carboxylic acids is 1. The molecule has 0 heterocycles. The van der Waals surface area contributed by atoms with Crippen molar-refractivity contribution in [3.05, 3.63) is 28.2 Å². The fourth-order valence-corrected chi connectivity index (χ4v) is 2.10. The summed E-state index contributed by atoms with van der Waals surface area (Å²) in [7, 11) is 0.